The zero-order chi connectivity index (χ0) is 15.4. The number of rotatable bonds is 5. The zero-order valence-electron chi connectivity index (χ0n) is 13.5. The van der Waals surface area contributed by atoms with Gasteiger partial charge < -0.3 is 4.74 Å². The highest BCUT2D eigenvalue weighted by molar-refractivity contribution is 5.16. The lowest BCUT2D eigenvalue weighted by Gasteiger charge is -2.32. The van der Waals surface area contributed by atoms with Crippen LogP contribution in [-0.2, 0) is 0 Å². The smallest absolute Gasteiger partial charge is 0.137 e. The molecule has 0 spiro atoms. The second-order valence-electron chi connectivity index (χ2n) is 6.45. The Kier molecular flexibility index (Phi) is 4.76. The molecule has 0 bridgehead atoms. The van der Waals surface area contributed by atoms with Crippen molar-refractivity contribution >= 4 is 0 Å². The van der Waals surface area contributed by atoms with Crippen LogP contribution in [0.4, 0.5) is 0 Å². The molecule has 0 N–H and O–H groups in total. The standard InChI is InChI=1S/C18H25N3O/c1-14(2)21-18(9-11-20-21)17-8-4-3-6-15(17)13-22-16-7-5-10-19-12-16/h5,7,9-12,14-15,17H,3-4,6,8,13H2,1-2H3. The molecule has 2 unspecified atom stereocenters. The quantitative estimate of drug-likeness (QED) is 0.830. The molecule has 118 valence electrons. The van der Waals surface area contributed by atoms with Crippen molar-refractivity contribution in [1.29, 1.82) is 0 Å². The molecule has 2 aromatic heterocycles. The van der Waals surface area contributed by atoms with Gasteiger partial charge in [0.1, 0.15) is 5.75 Å². The van der Waals surface area contributed by atoms with Gasteiger partial charge in [0.05, 0.1) is 12.8 Å². The normalized spacial score (nSPS) is 22.0. The van der Waals surface area contributed by atoms with Gasteiger partial charge in [-0.3, -0.25) is 9.67 Å². The minimum atomic E-state index is 0.409. The van der Waals surface area contributed by atoms with Gasteiger partial charge in [-0.1, -0.05) is 12.8 Å². The number of ether oxygens (including phenoxy) is 1. The van der Waals surface area contributed by atoms with Gasteiger partial charge in [0.2, 0.25) is 0 Å². The van der Waals surface area contributed by atoms with Gasteiger partial charge in [0.15, 0.2) is 0 Å². The minimum absolute atomic E-state index is 0.409. The third-order valence-corrected chi connectivity index (χ3v) is 4.58. The van der Waals surface area contributed by atoms with Gasteiger partial charge in [-0.05, 0) is 44.9 Å². The Bertz CT molecular complexity index is 579. The van der Waals surface area contributed by atoms with Crippen molar-refractivity contribution in [1.82, 2.24) is 14.8 Å². The largest absolute Gasteiger partial charge is 0.492 e. The van der Waals surface area contributed by atoms with Crippen LogP contribution in [0.2, 0.25) is 0 Å². The Hall–Kier alpha value is -1.84. The summed E-state index contributed by atoms with van der Waals surface area (Å²) in [7, 11) is 0. The number of hydrogen-bond acceptors (Lipinski definition) is 3. The Morgan fingerprint density at radius 2 is 2.09 bits per heavy atom. The van der Waals surface area contributed by atoms with E-state index in [-0.39, 0.29) is 0 Å². The number of nitrogens with zero attached hydrogens (tertiary/aromatic N) is 3. The summed E-state index contributed by atoms with van der Waals surface area (Å²) in [5, 5.41) is 4.51. The second-order valence-corrected chi connectivity index (χ2v) is 6.45. The van der Waals surface area contributed by atoms with Gasteiger partial charge in [0.25, 0.3) is 0 Å². The van der Waals surface area contributed by atoms with Gasteiger partial charge in [-0.25, -0.2) is 0 Å². The molecule has 2 aromatic rings. The van der Waals surface area contributed by atoms with Crippen molar-refractivity contribution in [2.24, 2.45) is 5.92 Å². The highest BCUT2D eigenvalue weighted by Crippen LogP contribution is 2.38. The number of pyridine rings is 1. The highest BCUT2D eigenvalue weighted by atomic mass is 16.5. The first-order valence-electron chi connectivity index (χ1n) is 8.32. The summed E-state index contributed by atoms with van der Waals surface area (Å²) in [6, 6.07) is 6.49. The Labute approximate surface area is 132 Å². The topological polar surface area (TPSA) is 39.9 Å². The number of aromatic nitrogens is 3. The zero-order valence-corrected chi connectivity index (χ0v) is 13.5. The van der Waals surface area contributed by atoms with Gasteiger partial charge >= 0.3 is 0 Å². The molecule has 0 amide bonds. The minimum Gasteiger partial charge on any atom is -0.492 e. The molecule has 22 heavy (non-hydrogen) atoms. The van der Waals surface area contributed by atoms with E-state index in [1.165, 1.54) is 31.4 Å². The summed E-state index contributed by atoms with van der Waals surface area (Å²) in [4.78, 5) is 4.12. The second kappa shape index (κ2) is 6.95. The summed E-state index contributed by atoms with van der Waals surface area (Å²) >= 11 is 0. The SMILES string of the molecule is CC(C)n1nccc1C1CCCCC1COc1cccnc1. The Morgan fingerprint density at radius 3 is 2.86 bits per heavy atom. The molecular weight excluding hydrogens is 274 g/mol. The first-order chi connectivity index (χ1) is 10.8. The lowest BCUT2D eigenvalue weighted by Crippen LogP contribution is -2.26. The van der Waals surface area contributed by atoms with Crippen molar-refractivity contribution in [3.8, 4) is 5.75 Å². The van der Waals surface area contributed by atoms with Crippen molar-refractivity contribution < 1.29 is 4.74 Å². The average molecular weight is 299 g/mol. The van der Waals surface area contributed by atoms with E-state index in [1.54, 1.807) is 12.4 Å². The Morgan fingerprint density at radius 1 is 1.23 bits per heavy atom. The average Bonchev–Trinajstić information content (AvgIpc) is 3.04. The third-order valence-electron chi connectivity index (χ3n) is 4.58. The van der Waals surface area contributed by atoms with Crippen LogP contribution in [0.25, 0.3) is 0 Å². The number of hydrogen-bond donors (Lipinski definition) is 0. The molecule has 0 aliphatic heterocycles. The van der Waals surface area contributed by atoms with E-state index >= 15 is 0 Å². The fraction of sp³-hybridized carbons (Fsp3) is 0.556. The summed E-state index contributed by atoms with van der Waals surface area (Å²) < 4.78 is 8.16. The highest BCUT2D eigenvalue weighted by Gasteiger charge is 2.29. The van der Waals surface area contributed by atoms with Crippen LogP contribution in [0.1, 0.15) is 57.2 Å². The van der Waals surface area contributed by atoms with E-state index in [0.717, 1.165) is 12.4 Å². The molecule has 4 nitrogen and oxygen atoms in total. The maximum Gasteiger partial charge on any atom is 0.137 e. The predicted octanol–water partition coefficient (Wildman–Crippen LogP) is 4.21. The lowest BCUT2D eigenvalue weighted by molar-refractivity contribution is 0.180. The molecule has 1 aliphatic rings. The summed E-state index contributed by atoms with van der Waals surface area (Å²) in [6.07, 6.45) is 10.6. The van der Waals surface area contributed by atoms with E-state index in [0.29, 0.717) is 17.9 Å². The van der Waals surface area contributed by atoms with Crippen LogP contribution in [0, 0.1) is 5.92 Å². The van der Waals surface area contributed by atoms with Crippen LogP contribution >= 0.6 is 0 Å². The van der Waals surface area contributed by atoms with Gasteiger partial charge in [-0.2, -0.15) is 5.10 Å². The maximum absolute atomic E-state index is 5.98. The molecule has 1 aliphatic carbocycles. The monoisotopic (exact) mass is 299 g/mol. The van der Waals surface area contributed by atoms with Crippen LogP contribution in [0.3, 0.4) is 0 Å². The lowest BCUT2D eigenvalue weighted by atomic mass is 9.77. The van der Waals surface area contributed by atoms with Crippen LogP contribution in [0.5, 0.6) is 5.75 Å². The Balaban J connectivity index is 1.72. The van der Waals surface area contributed by atoms with Crippen LogP contribution in [-0.4, -0.2) is 21.4 Å². The summed E-state index contributed by atoms with van der Waals surface area (Å²) in [5.74, 6) is 1.97. The van der Waals surface area contributed by atoms with Crippen molar-refractivity contribution in [2.45, 2.75) is 51.5 Å². The van der Waals surface area contributed by atoms with Gasteiger partial charge in [0, 0.05) is 36.0 Å². The third kappa shape index (κ3) is 3.32. The first kappa shape index (κ1) is 15.1. The van der Waals surface area contributed by atoms with Crippen molar-refractivity contribution in [3.05, 3.63) is 42.5 Å². The van der Waals surface area contributed by atoms with E-state index in [2.05, 4.69) is 34.7 Å². The van der Waals surface area contributed by atoms with E-state index < -0.39 is 0 Å². The molecular formula is C18H25N3O. The molecule has 0 radical (unpaired) electrons. The molecule has 1 saturated carbocycles. The fourth-order valence-corrected chi connectivity index (χ4v) is 3.48. The van der Waals surface area contributed by atoms with Crippen LogP contribution < -0.4 is 4.74 Å². The molecule has 2 atom stereocenters. The van der Waals surface area contributed by atoms with Crippen molar-refractivity contribution in [2.75, 3.05) is 6.61 Å². The fourth-order valence-electron chi connectivity index (χ4n) is 3.48. The first-order valence-corrected chi connectivity index (χ1v) is 8.32. The molecule has 0 saturated heterocycles. The predicted molar refractivity (Wildman–Crippen MR) is 87.0 cm³/mol. The molecule has 4 heteroatoms. The van der Waals surface area contributed by atoms with E-state index in [4.69, 9.17) is 4.74 Å². The van der Waals surface area contributed by atoms with Crippen LogP contribution in [0.15, 0.2) is 36.8 Å². The van der Waals surface area contributed by atoms with E-state index in [9.17, 15) is 0 Å². The molecule has 2 heterocycles. The summed E-state index contributed by atoms with van der Waals surface area (Å²) in [6.45, 7) is 5.15. The van der Waals surface area contributed by atoms with E-state index in [1.807, 2.05) is 18.3 Å². The molecule has 0 aromatic carbocycles. The molecule has 3 rings (SSSR count). The summed E-state index contributed by atoms with van der Waals surface area (Å²) in [5.41, 5.74) is 1.37. The molecule has 1 fully saturated rings. The van der Waals surface area contributed by atoms with Gasteiger partial charge in [-0.15, -0.1) is 0 Å². The maximum atomic E-state index is 5.98. The van der Waals surface area contributed by atoms with Crippen molar-refractivity contribution in [3.63, 3.8) is 0 Å².